The number of aromatic nitrogens is 2. The molecule has 0 radical (unpaired) electrons. The maximum atomic E-state index is 11.2. The monoisotopic (exact) mass is 190 g/mol. The van der Waals surface area contributed by atoms with Crippen LogP contribution in [0.25, 0.3) is 5.65 Å². The van der Waals surface area contributed by atoms with Crippen molar-refractivity contribution in [3.63, 3.8) is 0 Å². The van der Waals surface area contributed by atoms with Gasteiger partial charge in [0, 0.05) is 12.4 Å². The van der Waals surface area contributed by atoms with E-state index in [2.05, 4.69) is 9.72 Å². The number of esters is 1. The second-order valence-corrected chi connectivity index (χ2v) is 3.05. The minimum absolute atomic E-state index is 0.340. The number of ether oxygens (including phenoxy) is 1. The summed E-state index contributed by atoms with van der Waals surface area (Å²) < 4.78 is 6.48. The number of imidazole rings is 1. The van der Waals surface area contributed by atoms with Gasteiger partial charge in [-0.25, -0.2) is 9.78 Å². The van der Waals surface area contributed by atoms with Gasteiger partial charge < -0.3 is 9.14 Å². The van der Waals surface area contributed by atoms with Crippen LogP contribution in [0.5, 0.6) is 0 Å². The Morgan fingerprint density at radius 1 is 1.57 bits per heavy atom. The molecule has 4 heteroatoms. The molecule has 0 fully saturated rings. The SMILES string of the molecule is COC(=O)c1ccn2cc(C)nc2c1. The summed E-state index contributed by atoms with van der Waals surface area (Å²) in [7, 11) is 1.36. The van der Waals surface area contributed by atoms with Crippen LogP contribution in [0.4, 0.5) is 0 Å². The largest absolute Gasteiger partial charge is 0.465 e. The molecule has 14 heavy (non-hydrogen) atoms. The summed E-state index contributed by atoms with van der Waals surface area (Å²) >= 11 is 0. The zero-order chi connectivity index (χ0) is 10.1. The van der Waals surface area contributed by atoms with Gasteiger partial charge in [0.2, 0.25) is 0 Å². The van der Waals surface area contributed by atoms with Gasteiger partial charge in [-0.3, -0.25) is 0 Å². The molecule has 0 bridgehead atoms. The highest BCUT2D eigenvalue weighted by molar-refractivity contribution is 5.90. The van der Waals surface area contributed by atoms with Gasteiger partial charge in [0.15, 0.2) is 0 Å². The molecule has 2 rings (SSSR count). The van der Waals surface area contributed by atoms with Crippen molar-refractivity contribution >= 4 is 11.6 Å². The van der Waals surface area contributed by atoms with Gasteiger partial charge in [0.1, 0.15) is 5.65 Å². The molecule has 0 aromatic carbocycles. The van der Waals surface area contributed by atoms with Crippen LogP contribution in [-0.2, 0) is 4.74 Å². The van der Waals surface area contributed by atoms with Gasteiger partial charge in [-0.05, 0) is 19.1 Å². The van der Waals surface area contributed by atoms with Crippen LogP contribution in [0.3, 0.4) is 0 Å². The third kappa shape index (κ3) is 1.35. The van der Waals surface area contributed by atoms with Gasteiger partial charge in [0.05, 0.1) is 18.4 Å². The quantitative estimate of drug-likeness (QED) is 0.639. The lowest BCUT2D eigenvalue weighted by atomic mass is 10.3. The second-order valence-electron chi connectivity index (χ2n) is 3.05. The molecule has 2 aromatic rings. The van der Waals surface area contributed by atoms with E-state index in [0.717, 1.165) is 11.3 Å². The lowest BCUT2D eigenvalue weighted by Crippen LogP contribution is -2.01. The Morgan fingerprint density at radius 2 is 2.36 bits per heavy atom. The standard InChI is InChI=1S/C10H10N2O2/c1-7-6-12-4-3-8(10(13)14-2)5-9(12)11-7/h3-6H,1-2H3. The average Bonchev–Trinajstić information content (AvgIpc) is 2.55. The number of hydrogen-bond acceptors (Lipinski definition) is 3. The Bertz CT molecular complexity index is 488. The summed E-state index contributed by atoms with van der Waals surface area (Å²) in [4.78, 5) is 15.5. The molecule has 0 unspecified atom stereocenters. The molecule has 0 saturated carbocycles. The smallest absolute Gasteiger partial charge is 0.338 e. The van der Waals surface area contributed by atoms with Gasteiger partial charge in [-0.2, -0.15) is 0 Å². The molecule has 72 valence electrons. The first-order chi connectivity index (χ1) is 6.70. The molecule has 0 aliphatic rings. The molecule has 2 aromatic heterocycles. The number of fused-ring (bicyclic) bond motifs is 1. The number of carbonyl (C=O) groups excluding carboxylic acids is 1. The van der Waals surface area contributed by atoms with Gasteiger partial charge in [-0.15, -0.1) is 0 Å². The van der Waals surface area contributed by atoms with Crippen LogP contribution >= 0.6 is 0 Å². The van der Waals surface area contributed by atoms with Crippen molar-refractivity contribution in [1.82, 2.24) is 9.38 Å². The second kappa shape index (κ2) is 3.14. The van der Waals surface area contributed by atoms with Crippen molar-refractivity contribution in [2.45, 2.75) is 6.92 Å². The number of nitrogens with zero attached hydrogens (tertiary/aromatic N) is 2. The molecule has 0 N–H and O–H groups in total. The fourth-order valence-electron chi connectivity index (χ4n) is 1.35. The van der Waals surface area contributed by atoms with E-state index in [-0.39, 0.29) is 5.97 Å². The molecule has 0 aliphatic carbocycles. The number of hydrogen-bond donors (Lipinski definition) is 0. The number of pyridine rings is 1. The molecule has 0 aliphatic heterocycles. The highest BCUT2D eigenvalue weighted by Crippen LogP contribution is 2.08. The number of carbonyl (C=O) groups is 1. The number of aryl methyl sites for hydroxylation is 1. The van der Waals surface area contributed by atoms with E-state index in [0.29, 0.717) is 5.56 Å². The summed E-state index contributed by atoms with van der Waals surface area (Å²) in [6, 6.07) is 3.42. The van der Waals surface area contributed by atoms with E-state index < -0.39 is 0 Å². The Morgan fingerprint density at radius 3 is 3.07 bits per heavy atom. The summed E-state index contributed by atoms with van der Waals surface area (Å²) in [6.07, 6.45) is 3.69. The zero-order valence-electron chi connectivity index (χ0n) is 8.02. The van der Waals surface area contributed by atoms with E-state index in [4.69, 9.17) is 0 Å². The topological polar surface area (TPSA) is 43.6 Å². The first-order valence-corrected chi connectivity index (χ1v) is 4.24. The van der Waals surface area contributed by atoms with Crippen molar-refractivity contribution in [2.75, 3.05) is 7.11 Å². The van der Waals surface area contributed by atoms with Gasteiger partial charge >= 0.3 is 5.97 Å². The fourth-order valence-corrected chi connectivity index (χ4v) is 1.35. The lowest BCUT2D eigenvalue weighted by Gasteiger charge is -1.98. The third-order valence-corrected chi connectivity index (χ3v) is 2.00. The van der Waals surface area contributed by atoms with Crippen LogP contribution < -0.4 is 0 Å². The van der Waals surface area contributed by atoms with E-state index in [1.165, 1.54) is 7.11 Å². The molecule has 0 spiro atoms. The predicted molar refractivity (Wildman–Crippen MR) is 51.3 cm³/mol. The highest BCUT2D eigenvalue weighted by atomic mass is 16.5. The van der Waals surface area contributed by atoms with E-state index in [9.17, 15) is 4.79 Å². The molecule has 0 saturated heterocycles. The minimum Gasteiger partial charge on any atom is -0.465 e. The normalized spacial score (nSPS) is 10.4. The Hall–Kier alpha value is -1.84. The third-order valence-electron chi connectivity index (χ3n) is 2.00. The van der Waals surface area contributed by atoms with Crippen LogP contribution in [-0.4, -0.2) is 22.5 Å². The summed E-state index contributed by atoms with van der Waals surface area (Å²) in [5, 5.41) is 0. The molecule has 4 nitrogen and oxygen atoms in total. The first-order valence-electron chi connectivity index (χ1n) is 4.24. The maximum Gasteiger partial charge on any atom is 0.338 e. The summed E-state index contributed by atoms with van der Waals surface area (Å²) in [5.74, 6) is -0.340. The number of rotatable bonds is 1. The van der Waals surface area contributed by atoms with E-state index >= 15 is 0 Å². The van der Waals surface area contributed by atoms with Crippen LogP contribution in [0.1, 0.15) is 16.1 Å². The predicted octanol–water partition coefficient (Wildman–Crippen LogP) is 1.43. The Kier molecular flexibility index (Phi) is 1.96. The molecule has 2 heterocycles. The van der Waals surface area contributed by atoms with Crippen LogP contribution in [0.2, 0.25) is 0 Å². The van der Waals surface area contributed by atoms with Crippen LogP contribution in [0, 0.1) is 6.92 Å². The Labute approximate surface area is 81.1 Å². The van der Waals surface area contributed by atoms with Crippen LogP contribution in [0.15, 0.2) is 24.5 Å². The minimum atomic E-state index is -0.340. The first kappa shape index (κ1) is 8.74. The van der Waals surface area contributed by atoms with Gasteiger partial charge in [0.25, 0.3) is 0 Å². The summed E-state index contributed by atoms with van der Waals surface area (Å²) in [6.45, 7) is 1.91. The van der Waals surface area contributed by atoms with Crippen molar-refractivity contribution in [3.8, 4) is 0 Å². The maximum absolute atomic E-state index is 11.2. The highest BCUT2D eigenvalue weighted by Gasteiger charge is 2.06. The zero-order valence-corrected chi connectivity index (χ0v) is 8.02. The van der Waals surface area contributed by atoms with Crippen molar-refractivity contribution < 1.29 is 9.53 Å². The van der Waals surface area contributed by atoms with Crippen molar-refractivity contribution in [1.29, 1.82) is 0 Å². The number of methoxy groups -OCH3 is 1. The molecular formula is C10H10N2O2. The summed E-state index contributed by atoms with van der Waals surface area (Å²) in [5.41, 5.74) is 2.20. The molecular weight excluding hydrogens is 180 g/mol. The van der Waals surface area contributed by atoms with Crippen molar-refractivity contribution in [3.05, 3.63) is 35.8 Å². The van der Waals surface area contributed by atoms with E-state index in [1.54, 1.807) is 18.3 Å². The average molecular weight is 190 g/mol. The van der Waals surface area contributed by atoms with Gasteiger partial charge in [-0.1, -0.05) is 0 Å². The Balaban J connectivity index is 2.55. The molecule has 0 atom stereocenters. The fraction of sp³-hybridized carbons (Fsp3) is 0.200. The van der Waals surface area contributed by atoms with E-state index in [1.807, 2.05) is 17.5 Å². The lowest BCUT2D eigenvalue weighted by molar-refractivity contribution is 0.0600. The van der Waals surface area contributed by atoms with Crippen molar-refractivity contribution in [2.24, 2.45) is 0 Å². The molecule has 0 amide bonds.